The molecule has 0 saturated carbocycles. The molecular formula is C15H22N2O3. The number of hydrogen-bond donors (Lipinski definition) is 2. The second-order valence-corrected chi connectivity index (χ2v) is 5.48. The highest BCUT2D eigenvalue weighted by Gasteiger charge is 2.12. The third-order valence-electron chi connectivity index (χ3n) is 2.33. The molecule has 5 heteroatoms. The number of nitrogens with one attached hydrogen (secondary N) is 2. The lowest BCUT2D eigenvalue weighted by molar-refractivity contribution is -0.118. The van der Waals surface area contributed by atoms with Crippen molar-refractivity contribution in [3.8, 4) is 5.75 Å². The fourth-order valence-electron chi connectivity index (χ4n) is 1.54. The molecule has 1 aromatic rings. The summed E-state index contributed by atoms with van der Waals surface area (Å²) in [7, 11) is 0. The van der Waals surface area contributed by atoms with Crippen molar-refractivity contribution in [1.29, 1.82) is 0 Å². The number of rotatable bonds is 5. The molecule has 20 heavy (non-hydrogen) atoms. The number of benzene rings is 1. The van der Waals surface area contributed by atoms with E-state index in [4.69, 9.17) is 4.74 Å². The first-order valence-electron chi connectivity index (χ1n) is 6.59. The Morgan fingerprint density at radius 2 is 1.60 bits per heavy atom. The van der Waals surface area contributed by atoms with Crippen molar-refractivity contribution in [2.45, 2.75) is 33.3 Å². The van der Waals surface area contributed by atoms with Crippen LogP contribution in [0.25, 0.3) is 0 Å². The molecule has 2 amide bonds. The van der Waals surface area contributed by atoms with E-state index < -0.39 is 0 Å². The number of amides is 2. The van der Waals surface area contributed by atoms with E-state index in [1.54, 1.807) is 24.3 Å². The summed E-state index contributed by atoms with van der Waals surface area (Å²) in [5, 5.41) is 5.34. The smallest absolute Gasteiger partial charge is 0.251 e. The lowest BCUT2D eigenvalue weighted by Gasteiger charge is -2.21. The monoisotopic (exact) mass is 278 g/mol. The van der Waals surface area contributed by atoms with Crippen LogP contribution in [-0.4, -0.2) is 30.5 Å². The first-order valence-corrected chi connectivity index (χ1v) is 6.59. The molecule has 1 rings (SSSR count). The van der Waals surface area contributed by atoms with E-state index in [9.17, 15) is 9.59 Å². The van der Waals surface area contributed by atoms with E-state index >= 15 is 0 Å². The van der Waals surface area contributed by atoms with Crippen molar-refractivity contribution in [1.82, 2.24) is 10.6 Å². The normalized spacial score (nSPS) is 10.8. The molecule has 0 heterocycles. The van der Waals surface area contributed by atoms with Crippen molar-refractivity contribution < 1.29 is 14.3 Å². The highest BCUT2D eigenvalue weighted by molar-refractivity contribution is 5.94. The molecule has 0 fully saturated rings. The van der Waals surface area contributed by atoms with Gasteiger partial charge in [-0.15, -0.1) is 0 Å². The minimum Gasteiger partial charge on any atom is -0.488 e. The summed E-state index contributed by atoms with van der Waals surface area (Å²) in [6.07, 6.45) is 0. The van der Waals surface area contributed by atoms with Crippen LogP contribution in [0, 0.1) is 0 Å². The van der Waals surface area contributed by atoms with Gasteiger partial charge in [-0.25, -0.2) is 0 Å². The van der Waals surface area contributed by atoms with Gasteiger partial charge in [-0.3, -0.25) is 9.59 Å². The van der Waals surface area contributed by atoms with E-state index in [0.717, 1.165) is 5.75 Å². The van der Waals surface area contributed by atoms with Crippen molar-refractivity contribution >= 4 is 11.8 Å². The molecule has 1 aromatic carbocycles. The van der Waals surface area contributed by atoms with Crippen LogP contribution in [0.2, 0.25) is 0 Å². The predicted molar refractivity (Wildman–Crippen MR) is 77.8 cm³/mol. The number of hydrogen-bond acceptors (Lipinski definition) is 3. The summed E-state index contributed by atoms with van der Waals surface area (Å²) in [6, 6.07) is 6.98. The van der Waals surface area contributed by atoms with Crippen molar-refractivity contribution in [3.63, 3.8) is 0 Å². The van der Waals surface area contributed by atoms with Gasteiger partial charge < -0.3 is 15.4 Å². The van der Waals surface area contributed by atoms with E-state index in [2.05, 4.69) is 10.6 Å². The van der Waals surface area contributed by atoms with E-state index in [1.807, 2.05) is 20.8 Å². The van der Waals surface area contributed by atoms with Crippen LogP contribution in [0.15, 0.2) is 24.3 Å². The Balaban J connectivity index is 2.47. The first-order chi connectivity index (χ1) is 9.28. The Kier molecular flexibility index (Phi) is 5.55. The van der Waals surface area contributed by atoms with Gasteiger partial charge in [0.2, 0.25) is 5.91 Å². The standard InChI is InChI=1S/C15H22N2O3/c1-11(18)16-9-10-17-14(19)12-5-7-13(8-6-12)20-15(2,3)4/h5-8H,9-10H2,1-4H3,(H,16,18)(H,17,19). The van der Waals surface area contributed by atoms with Crippen LogP contribution >= 0.6 is 0 Å². The second kappa shape index (κ2) is 6.93. The highest BCUT2D eigenvalue weighted by atomic mass is 16.5. The summed E-state index contributed by atoms with van der Waals surface area (Å²) < 4.78 is 5.68. The van der Waals surface area contributed by atoms with Gasteiger partial charge in [0.1, 0.15) is 11.4 Å². The van der Waals surface area contributed by atoms with Crippen LogP contribution in [0.3, 0.4) is 0 Å². The lowest BCUT2D eigenvalue weighted by atomic mass is 10.1. The molecule has 110 valence electrons. The fraction of sp³-hybridized carbons (Fsp3) is 0.467. The van der Waals surface area contributed by atoms with Gasteiger partial charge in [0.05, 0.1) is 0 Å². The third-order valence-corrected chi connectivity index (χ3v) is 2.33. The Morgan fingerprint density at radius 3 is 2.10 bits per heavy atom. The zero-order chi connectivity index (χ0) is 15.2. The maximum absolute atomic E-state index is 11.8. The van der Waals surface area contributed by atoms with Crippen LogP contribution in [-0.2, 0) is 4.79 Å². The second-order valence-electron chi connectivity index (χ2n) is 5.48. The predicted octanol–water partition coefficient (Wildman–Crippen LogP) is 1.73. The van der Waals surface area contributed by atoms with Gasteiger partial charge in [-0.2, -0.15) is 0 Å². The Labute approximate surface area is 119 Å². The van der Waals surface area contributed by atoms with Crippen LogP contribution in [0.1, 0.15) is 38.1 Å². The Morgan fingerprint density at radius 1 is 1.05 bits per heavy atom. The van der Waals surface area contributed by atoms with Crippen LogP contribution in [0.5, 0.6) is 5.75 Å². The molecule has 0 unspecified atom stereocenters. The van der Waals surface area contributed by atoms with Crippen molar-refractivity contribution in [2.75, 3.05) is 13.1 Å². The minimum atomic E-state index is -0.262. The molecule has 0 atom stereocenters. The molecule has 0 spiro atoms. The summed E-state index contributed by atoms with van der Waals surface area (Å²) in [5.74, 6) is 0.452. The molecule has 0 saturated heterocycles. The lowest BCUT2D eigenvalue weighted by Crippen LogP contribution is -2.33. The van der Waals surface area contributed by atoms with E-state index in [-0.39, 0.29) is 17.4 Å². The first kappa shape index (κ1) is 16.0. The third kappa shape index (κ3) is 6.22. The quantitative estimate of drug-likeness (QED) is 0.806. The van der Waals surface area contributed by atoms with Gasteiger partial charge in [0, 0.05) is 25.6 Å². The molecule has 0 aromatic heterocycles. The largest absolute Gasteiger partial charge is 0.488 e. The summed E-state index contributed by atoms with van der Waals surface area (Å²) in [5.41, 5.74) is 0.302. The maximum Gasteiger partial charge on any atom is 0.251 e. The fourth-order valence-corrected chi connectivity index (χ4v) is 1.54. The number of ether oxygens (including phenoxy) is 1. The molecule has 0 aliphatic carbocycles. The van der Waals surface area contributed by atoms with E-state index in [0.29, 0.717) is 18.7 Å². The summed E-state index contributed by atoms with van der Waals surface area (Å²) in [4.78, 5) is 22.5. The van der Waals surface area contributed by atoms with Gasteiger partial charge in [-0.05, 0) is 45.0 Å². The molecular weight excluding hydrogens is 256 g/mol. The minimum absolute atomic E-state index is 0.108. The molecule has 2 N–H and O–H groups in total. The molecule has 5 nitrogen and oxygen atoms in total. The SMILES string of the molecule is CC(=O)NCCNC(=O)c1ccc(OC(C)(C)C)cc1. The van der Waals surface area contributed by atoms with E-state index in [1.165, 1.54) is 6.92 Å². The zero-order valence-electron chi connectivity index (χ0n) is 12.4. The molecule has 0 bridgehead atoms. The average molecular weight is 278 g/mol. The molecule has 0 radical (unpaired) electrons. The summed E-state index contributed by atoms with van der Waals surface area (Å²) >= 11 is 0. The molecule has 0 aliphatic heterocycles. The van der Waals surface area contributed by atoms with Gasteiger partial charge in [0.15, 0.2) is 0 Å². The number of carbonyl (C=O) groups excluding carboxylic acids is 2. The van der Waals surface area contributed by atoms with Gasteiger partial charge in [0.25, 0.3) is 5.91 Å². The zero-order valence-corrected chi connectivity index (χ0v) is 12.4. The van der Waals surface area contributed by atoms with Crippen LogP contribution in [0.4, 0.5) is 0 Å². The maximum atomic E-state index is 11.8. The topological polar surface area (TPSA) is 67.4 Å². The van der Waals surface area contributed by atoms with Gasteiger partial charge in [-0.1, -0.05) is 0 Å². The average Bonchev–Trinajstić information content (AvgIpc) is 2.33. The molecule has 0 aliphatic rings. The van der Waals surface area contributed by atoms with Crippen molar-refractivity contribution in [2.24, 2.45) is 0 Å². The Hall–Kier alpha value is -2.04. The Bertz CT molecular complexity index is 461. The number of carbonyl (C=O) groups is 2. The highest BCUT2D eigenvalue weighted by Crippen LogP contribution is 2.18. The van der Waals surface area contributed by atoms with Gasteiger partial charge >= 0.3 is 0 Å². The van der Waals surface area contributed by atoms with Crippen molar-refractivity contribution in [3.05, 3.63) is 29.8 Å². The van der Waals surface area contributed by atoms with Crippen LogP contribution < -0.4 is 15.4 Å². The summed E-state index contributed by atoms with van der Waals surface area (Å²) in [6.45, 7) is 8.17.